The molecular formula is C11H18BrN3O. The van der Waals surface area contributed by atoms with E-state index in [4.69, 9.17) is 0 Å². The minimum absolute atomic E-state index is 0.548. The largest absolute Gasteiger partial charge is 0.389 e. The van der Waals surface area contributed by atoms with Gasteiger partial charge in [0.05, 0.1) is 5.60 Å². The summed E-state index contributed by atoms with van der Waals surface area (Å²) in [5.41, 5.74) is -0.735. The standard InChI is InChI=1S/C11H18BrN3O/c1-5-15(7-11(3,4)16)10-6-9(12)13-8(2)14-10/h6,16H,5,7H2,1-4H3. The quantitative estimate of drug-likeness (QED) is 0.862. The van der Waals surface area contributed by atoms with Gasteiger partial charge < -0.3 is 10.0 Å². The summed E-state index contributed by atoms with van der Waals surface area (Å²) in [7, 11) is 0. The van der Waals surface area contributed by atoms with Gasteiger partial charge in [-0.2, -0.15) is 0 Å². The zero-order valence-electron chi connectivity index (χ0n) is 10.2. The highest BCUT2D eigenvalue weighted by Gasteiger charge is 2.18. The molecule has 0 unspecified atom stereocenters. The van der Waals surface area contributed by atoms with Crippen LogP contribution in [0.5, 0.6) is 0 Å². The fourth-order valence-electron chi connectivity index (χ4n) is 1.50. The van der Waals surface area contributed by atoms with Crippen molar-refractivity contribution in [2.45, 2.75) is 33.3 Å². The molecule has 0 aliphatic carbocycles. The molecule has 1 heterocycles. The van der Waals surface area contributed by atoms with Gasteiger partial charge in [0, 0.05) is 19.2 Å². The van der Waals surface area contributed by atoms with Gasteiger partial charge in [-0.1, -0.05) is 0 Å². The minimum atomic E-state index is -0.735. The van der Waals surface area contributed by atoms with E-state index >= 15 is 0 Å². The maximum absolute atomic E-state index is 9.82. The molecule has 16 heavy (non-hydrogen) atoms. The van der Waals surface area contributed by atoms with Gasteiger partial charge in [0.2, 0.25) is 0 Å². The molecule has 0 amide bonds. The van der Waals surface area contributed by atoms with Crippen molar-refractivity contribution in [2.75, 3.05) is 18.0 Å². The summed E-state index contributed by atoms with van der Waals surface area (Å²) in [6.07, 6.45) is 0. The van der Waals surface area contributed by atoms with E-state index in [9.17, 15) is 5.11 Å². The molecule has 0 aliphatic heterocycles. The van der Waals surface area contributed by atoms with Crippen molar-refractivity contribution in [3.05, 3.63) is 16.5 Å². The zero-order chi connectivity index (χ0) is 12.3. The lowest BCUT2D eigenvalue weighted by Crippen LogP contribution is -2.39. The Kier molecular flexibility index (Phi) is 4.27. The molecule has 0 aromatic carbocycles. The van der Waals surface area contributed by atoms with E-state index in [2.05, 4.69) is 25.9 Å². The smallest absolute Gasteiger partial charge is 0.133 e. The molecule has 90 valence electrons. The number of aliphatic hydroxyl groups is 1. The summed E-state index contributed by atoms with van der Waals surface area (Å²) in [6, 6.07) is 1.86. The molecular weight excluding hydrogens is 270 g/mol. The SMILES string of the molecule is CCN(CC(C)(C)O)c1cc(Br)nc(C)n1. The lowest BCUT2D eigenvalue weighted by atomic mass is 10.1. The van der Waals surface area contributed by atoms with E-state index in [1.165, 1.54) is 0 Å². The van der Waals surface area contributed by atoms with Crippen molar-refractivity contribution in [3.8, 4) is 0 Å². The average molecular weight is 288 g/mol. The van der Waals surface area contributed by atoms with Crippen molar-refractivity contribution in [3.63, 3.8) is 0 Å². The van der Waals surface area contributed by atoms with Crippen LogP contribution in [-0.4, -0.2) is 33.8 Å². The molecule has 4 nitrogen and oxygen atoms in total. The van der Waals surface area contributed by atoms with Crippen LogP contribution >= 0.6 is 15.9 Å². The van der Waals surface area contributed by atoms with Crippen LogP contribution in [0.15, 0.2) is 10.7 Å². The Bertz CT molecular complexity index is 342. The Morgan fingerprint density at radius 3 is 2.50 bits per heavy atom. The van der Waals surface area contributed by atoms with Crippen LogP contribution in [0.3, 0.4) is 0 Å². The summed E-state index contributed by atoms with van der Waals surface area (Å²) in [6.45, 7) is 8.82. The Hall–Kier alpha value is -0.680. The number of anilines is 1. The third kappa shape index (κ3) is 4.06. The van der Waals surface area contributed by atoms with Gasteiger partial charge in [-0.15, -0.1) is 0 Å². The van der Waals surface area contributed by atoms with Crippen molar-refractivity contribution in [1.82, 2.24) is 9.97 Å². The first-order valence-electron chi connectivity index (χ1n) is 5.30. The van der Waals surface area contributed by atoms with Crippen LogP contribution in [0.25, 0.3) is 0 Å². The molecule has 0 atom stereocenters. The van der Waals surface area contributed by atoms with E-state index in [1.807, 2.05) is 24.8 Å². The first-order chi connectivity index (χ1) is 7.31. The fraction of sp³-hybridized carbons (Fsp3) is 0.636. The van der Waals surface area contributed by atoms with Crippen LogP contribution in [0.1, 0.15) is 26.6 Å². The Morgan fingerprint density at radius 1 is 1.44 bits per heavy atom. The third-order valence-corrected chi connectivity index (χ3v) is 2.48. The lowest BCUT2D eigenvalue weighted by molar-refractivity contribution is 0.0874. The number of aryl methyl sites for hydroxylation is 1. The number of hydrogen-bond acceptors (Lipinski definition) is 4. The maximum Gasteiger partial charge on any atom is 0.133 e. The molecule has 1 aromatic rings. The molecule has 5 heteroatoms. The second-order valence-electron chi connectivity index (χ2n) is 4.42. The van der Waals surface area contributed by atoms with Crippen molar-refractivity contribution in [2.24, 2.45) is 0 Å². The van der Waals surface area contributed by atoms with E-state index in [0.717, 1.165) is 22.8 Å². The number of halogens is 1. The average Bonchev–Trinajstić information content (AvgIpc) is 2.11. The Morgan fingerprint density at radius 2 is 2.06 bits per heavy atom. The van der Waals surface area contributed by atoms with Crippen molar-refractivity contribution in [1.29, 1.82) is 0 Å². The molecule has 0 spiro atoms. The number of likely N-dealkylation sites (N-methyl/N-ethyl adjacent to an activating group) is 1. The van der Waals surface area contributed by atoms with Crippen molar-refractivity contribution >= 4 is 21.7 Å². The number of rotatable bonds is 4. The number of hydrogen-bond donors (Lipinski definition) is 1. The Balaban J connectivity index is 2.95. The predicted octanol–water partition coefficient (Wildman–Crippen LogP) is 2.14. The van der Waals surface area contributed by atoms with Crippen LogP contribution in [-0.2, 0) is 0 Å². The summed E-state index contributed by atoms with van der Waals surface area (Å²) in [4.78, 5) is 10.6. The number of aromatic nitrogens is 2. The first-order valence-corrected chi connectivity index (χ1v) is 6.09. The molecule has 0 fully saturated rings. The molecule has 1 rings (SSSR count). The van der Waals surface area contributed by atoms with E-state index in [-0.39, 0.29) is 0 Å². The van der Waals surface area contributed by atoms with E-state index in [0.29, 0.717) is 6.54 Å². The Labute approximate surface area is 105 Å². The summed E-state index contributed by atoms with van der Waals surface area (Å²) < 4.78 is 0.768. The molecule has 0 saturated heterocycles. The van der Waals surface area contributed by atoms with Crippen LogP contribution < -0.4 is 4.90 Å². The third-order valence-electron chi connectivity index (χ3n) is 2.08. The predicted molar refractivity (Wildman–Crippen MR) is 68.7 cm³/mol. The monoisotopic (exact) mass is 287 g/mol. The zero-order valence-corrected chi connectivity index (χ0v) is 11.7. The van der Waals surface area contributed by atoms with E-state index < -0.39 is 5.60 Å². The molecule has 1 aromatic heterocycles. The topological polar surface area (TPSA) is 49.2 Å². The van der Waals surface area contributed by atoms with E-state index in [1.54, 1.807) is 13.8 Å². The van der Waals surface area contributed by atoms with Crippen LogP contribution in [0, 0.1) is 6.92 Å². The van der Waals surface area contributed by atoms with Crippen LogP contribution in [0.4, 0.5) is 5.82 Å². The van der Waals surface area contributed by atoms with Gasteiger partial charge >= 0.3 is 0 Å². The van der Waals surface area contributed by atoms with Gasteiger partial charge in [0.15, 0.2) is 0 Å². The van der Waals surface area contributed by atoms with Gasteiger partial charge in [0.25, 0.3) is 0 Å². The minimum Gasteiger partial charge on any atom is -0.389 e. The van der Waals surface area contributed by atoms with Gasteiger partial charge in [-0.05, 0) is 43.6 Å². The summed E-state index contributed by atoms with van der Waals surface area (Å²) in [5.74, 6) is 1.56. The van der Waals surface area contributed by atoms with Gasteiger partial charge in [0.1, 0.15) is 16.2 Å². The first kappa shape index (κ1) is 13.4. The second kappa shape index (κ2) is 5.10. The van der Waals surface area contributed by atoms with Gasteiger partial charge in [-0.25, -0.2) is 9.97 Å². The number of nitrogens with zero attached hydrogens (tertiary/aromatic N) is 3. The summed E-state index contributed by atoms with van der Waals surface area (Å²) in [5, 5.41) is 9.82. The van der Waals surface area contributed by atoms with Crippen molar-refractivity contribution < 1.29 is 5.11 Å². The molecule has 1 N–H and O–H groups in total. The fourth-order valence-corrected chi connectivity index (χ4v) is 1.96. The van der Waals surface area contributed by atoms with Gasteiger partial charge in [-0.3, -0.25) is 0 Å². The molecule has 0 aliphatic rings. The highest BCUT2D eigenvalue weighted by Crippen LogP contribution is 2.18. The normalized spacial score (nSPS) is 11.6. The second-order valence-corrected chi connectivity index (χ2v) is 5.24. The highest BCUT2D eigenvalue weighted by atomic mass is 79.9. The molecule has 0 saturated carbocycles. The summed E-state index contributed by atoms with van der Waals surface area (Å²) >= 11 is 3.35. The van der Waals surface area contributed by atoms with Crippen LogP contribution in [0.2, 0.25) is 0 Å². The maximum atomic E-state index is 9.82. The molecule has 0 radical (unpaired) electrons. The molecule has 0 bridgehead atoms. The lowest BCUT2D eigenvalue weighted by Gasteiger charge is -2.29. The highest BCUT2D eigenvalue weighted by molar-refractivity contribution is 9.10.